The molecule has 0 bridgehead atoms. The normalized spacial score (nSPS) is 11.4. The highest BCUT2D eigenvalue weighted by Gasteiger charge is 2.16. The van der Waals surface area contributed by atoms with Gasteiger partial charge in [0.05, 0.1) is 5.39 Å². The van der Waals surface area contributed by atoms with Crippen molar-refractivity contribution < 1.29 is 14.3 Å². The molecule has 0 spiro atoms. The molecule has 1 N–H and O–H groups in total. The summed E-state index contributed by atoms with van der Waals surface area (Å²) in [6, 6.07) is 27.7. The van der Waals surface area contributed by atoms with Crippen LogP contribution in [0.5, 0.6) is 5.75 Å². The average molecular weight is 465 g/mol. The number of ether oxygens (including phenoxy) is 1. The molecular weight excluding hydrogens is 436 g/mol. The maximum atomic E-state index is 13.2. The molecule has 0 saturated carbocycles. The van der Waals surface area contributed by atoms with Crippen LogP contribution in [0.4, 0.5) is 0 Å². The van der Waals surface area contributed by atoms with Gasteiger partial charge in [0, 0.05) is 30.2 Å². The van der Waals surface area contributed by atoms with Crippen LogP contribution in [-0.2, 0) is 13.0 Å². The summed E-state index contributed by atoms with van der Waals surface area (Å²) in [7, 11) is 0. The summed E-state index contributed by atoms with van der Waals surface area (Å²) >= 11 is 0. The Labute approximate surface area is 204 Å². The molecule has 4 aromatic carbocycles. The Hall–Kier alpha value is -3.89. The number of hydrogen-bond donors (Lipinski definition) is 1. The first kappa shape index (κ1) is 22.9. The van der Waals surface area contributed by atoms with Gasteiger partial charge in [-0.15, -0.1) is 0 Å². The third kappa shape index (κ3) is 4.71. The van der Waals surface area contributed by atoms with Crippen molar-refractivity contribution in [1.82, 2.24) is 0 Å². The first-order chi connectivity index (χ1) is 17.0. The van der Waals surface area contributed by atoms with Crippen LogP contribution in [0.1, 0.15) is 36.7 Å². The molecule has 0 amide bonds. The number of rotatable bonds is 7. The van der Waals surface area contributed by atoms with Crippen molar-refractivity contribution in [3.8, 4) is 16.9 Å². The van der Waals surface area contributed by atoms with Gasteiger partial charge in [0.15, 0.2) is 5.43 Å². The number of hydrogen-bond acceptors (Lipinski definition) is 4. The van der Waals surface area contributed by atoms with Crippen molar-refractivity contribution in [3.05, 3.63) is 112 Å². The van der Waals surface area contributed by atoms with Crippen molar-refractivity contribution in [1.29, 1.82) is 0 Å². The summed E-state index contributed by atoms with van der Waals surface area (Å²) in [5.74, 6) is 1.37. The Morgan fingerprint density at radius 2 is 1.71 bits per heavy atom. The van der Waals surface area contributed by atoms with E-state index in [0.717, 1.165) is 27.6 Å². The summed E-state index contributed by atoms with van der Waals surface area (Å²) in [6.07, 6.45) is 0.551. The molecule has 0 fully saturated rings. The van der Waals surface area contributed by atoms with E-state index in [1.165, 1.54) is 5.39 Å². The Morgan fingerprint density at radius 3 is 2.54 bits per heavy atom. The molecule has 0 radical (unpaired) electrons. The minimum Gasteiger partial charge on any atom is -0.489 e. The predicted molar refractivity (Wildman–Crippen MR) is 141 cm³/mol. The highest BCUT2D eigenvalue weighted by atomic mass is 16.5. The lowest BCUT2D eigenvalue weighted by Gasteiger charge is -2.14. The van der Waals surface area contributed by atoms with E-state index in [0.29, 0.717) is 35.5 Å². The van der Waals surface area contributed by atoms with Crippen molar-refractivity contribution in [2.24, 2.45) is 0 Å². The third-order valence-corrected chi connectivity index (χ3v) is 6.31. The van der Waals surface area contributed by atoms with E-state index >= 15 is 0 Å². The van der Waals surface area contributed by atoms with Crippen LogP contribution in [0.3, 0.4) is 0 Å². The van der Waals surface area contributed by atoms with Gasteiger partial charge in [0.1, 0.15) is 23.7 Å². The minimum absolute atomic E-state index is 0.0677. The zero-order chi connectivity index (χ0) is 24.4. The van der Waals surface area contributed by atoms with E-state index in [2.05, 4.69) is 24.3 Å². The molecule has 0 aliphatic rings. The molecule has 35 heavy (non-hydrogen) atoms. The summed E-state index contributed by atoms with van der Waals surface area (Å²) in [5.41, 5.74) is 4.19. The molecule has 0 atom stereocenters. The summed E-state index contributed by atoms with van der Waals surface area (Å²) in [5, 5.41) is 12.2. The molecule has 5 rings (SSSR count). The first-order valence-corrected chi connectivity index (χ1v) is 11.9. The average Bonchev–Trinajstić information content (AvgIpc) is 2.87. The largest absolute Gasteiger partial charge is 0.489 e. The summed E-state index contributed by atoms with van der Waals surface area (Å²) in [4.78, 5) is 13.2. The van der Waals surface area contributed by atoms with Crippen molar-refractivity contribution in [3.63, 3.8) is 0 Å². The fourth-order valence-electron chi connectivity index (χ4n) is 4.48. The Kier molecular flexibility index (Phi) is 6.39. The van der Waals surface area contributed by atoms with E-state index in [9.17, 15) is 9.90 Å². The Balaban J connectivity index is 1.62. The van der Waals surface area contributed by atoms with Gasteiger partial charge in [-0.2, -0.15) is 0 Å². The van der Waals surface area contributed by atoms with Crippen LogP contribution >= 0.6 is 0 Å². The van der Waals surface area contributed by atoms with Gasteiger partial charge in [-0.05, 0) is 39.9 Å². The van der Waals surface area contributed by atoms with E-state index in [1.807, 2.05) is 68.4 Å². The number of benzene rings is 4. The van der Waals surface area contributed by atoms with Crippen molar-refractivity contribution >= 4 is 21.7 Å². The number of aliphatic hydroxyl groups excluding tert-OH is 1. The molecule has 1 aromatic heterocycles. The lowest BCUT2D eigenvalue weighted by atomic mass is 9.97. The minimum atomic E-state index is -0.0712. The van der Waals surface area contributed by atoms with Crippen LogP contribution in [0.25, 0.3) is 32.9 Å². The molecular formula is C31H28O4. The number of aliphatic hydroxyl groups is 1. The highest BCUT2D eigenvalue weighted by molar-refractivity contribution is 5.95. The number of fused-ring (bicyclic) bond motifs is 2. The molecule has 0 saturated heterocycles. The molecule has 4 nitrogen and oxygen atoms in total. The van der Waals surface area contributed by atoms with E-state index in [-0.39, 0.29) is 18.0 Å². The van der Waals surface area contributed by atoms with E-state index < -0.39 is 0 Å². The molecule has 1 heterocycles. The van der Waals surface area contributed by atoms with Crippen LogP contribution in [0.15, 0.2) is 94.1 Å². The van der Waals surface area contributed by atoms with E-state index in [4.69, 9.17) is 9.15 Å². The molecule has 0 aliphatic heterocycles. The standard InChI is InChI=1S/C31H28O4/c1-20(2)29-18-28(33)31-27(23-10-5-7-21(15-23)13-14-32)16-25(17-30(31)35-29)34-19-24-11-6-9-22-8-3-4-12-26(22)24/h3-12,15-18,20,32H,13-14,19H2,1-2H3. The fraction of sp³-hybridized carbons (Fsp3) is 0.194. The van der Waals surface area contributed by atoms with Crippen LogP contribution < -0.4 is 10.2 Å². The van der Waals surface area contributed by atoms with Gasteiger partial charge in [-0.3, -0.25) is 4.79 Å². The van der Waals surface area contributed by atoms with Crippen molar-refractivity contribution in [2.75, 3.05) is 6.61 Å². The lowest BCUT2D eigenvalue weighted by molar-refractivity contribution is 0.299. The fourth-order valence-corrected chi connectivity index (χ4v) is 4.48. The van der Waals surface area contributed by atoms with Gasteiger partial charge >= 0.3 is 0 Å². The first-order valence-electron chi connectivity index (χ1n) is 11.9. The Bertz CT molecular complexity index is 1560. The smallest absolute Gasteiger partial charge is 0.193 e. The van der Waals surface area contributed by atoms with Crippen LogP contribution in [0, 0.1) is 0 Å². The molecule has 5 aromatic rings. The maximum absolute atomic E-state index is 13.2. The van der Waals surface area contributed by atoms with Crippen LogP contribution in [0.2, 0.25) is 0 Å². The predicted octanol–water partition coefficient (Wildman–Crippen LogP) is 6.85. The maximum Gasteiger partial charge on any atom is 0.193 e. The quantitative estimate of drug-likeness (QED) is 0.286. The lowest BCUT2D eigenvalue weighted by Crippen LogP contribution is -2.06. The molecule has 0 unspecified atom stereocenters. The summed E-state index contributed by atoms with van der Waals surface area (Å²) < 4.78 is 12.5. The summed E-state index contributed by atoms with van der Waals surface area (Å²) in [6.45, 7) is 4.47. The van der Waals surface area contributed by atoms with Crippen LogP contribution in [-0.4, -0.2) is 11.7 Å². The monoisotopic (exact) mass is 464 g/mol. The molecule has 0 aliphatic carbocycles. The van der Waals surface area contributed by atoms with Gasteiger partial charge in [0.2, 0.25) is 0 Å². The second kappa shape index (κ2) is 9.77. The highest BCUT2D eigenvalue weighted by Crippen LogP contribution is 2.34. The van der Waals surface area contributed by atoms with E-state index in [1.54, 1.807) is 6.07 Å². The van der Waals surface area contributed by atoms with Gasteiger partial charge in [-0.25, -0.2) is 0 Å². The topological polar surface area (TPSA) is 59.7 Å². The zero-order valence-electron chi connectivity index (χ0n) is 20.0. The zero-order valence-corrected chi connectivity index (χ0v) is 20.0. The van der Waals surface area contributed by atoms with Gasteiger partial charge < -0.3 is 14.3 Å². The molecule has 4 heteroatoms. The second-order valence-corrected chi connectivity index (χ2v) is 9.11. The van der Waals surface area contributed by atoms with Gasteiger partial charge in [-0.1, -0.05) is 80.6 Å². The second-order valence-electron chi connectivity index (χ2n) is 9.11. The SMILES string of the molecule is CC(C)c1cc(=O)c2c(-c3cccc(CCO)c3)cc(OCc3cccc4ccccc34)cc2o1. The van der Waals surface area contributed by atoms with Crippen molar-refractivity contribution in [2.45, 2.75) is 32.8 Å². The molecule has 176 valence electrons. The van der Waals surface area contributed by atoms with Gasteiger partial charge in [0.25, 0.3) is 0 Å². The third-order valence-electron chi connectivity index (χ3n) is 6.31. The Morgan fingerprint density at radius 1 is 0.914 bits per heavy atom.